The molecular weight excluding hydrogens is 621 g/mol. The first-order valence-corrected chi connectivity index (χ1v) is 16.1. The highest BCUT2D eigenvalue weighted by molar-refractivity contribution is 7.92. The number of hydrogen-bond donors (Lipinski definition) is 1. The minimum atomic E-state index is -4.24. The first-order chi connectivity index (χ1) is 21.1. The molecule has 0 radical (unpaired) electrons. The van der Waals surface area contributed by atoms with Gasteiger partial charge in [-0.3, -0.25) is 13.9 Å². The van der Waals surface area contributed by atoms with Crippen molar-refractivity contribution in [3.05, 3.63) is 124 Å². The molecule has 8 nitrogen and oxygen atoms in total. The van der Waals surface area contributed by atoms with Gasteiger partial charge in [0.25, 0.3) is 10.0 Å². The summed E-state index contributed by atoms with van der Waals surface area (Å²) in [5.41, 5.74) is 1.72. The highest BCUT2D eigenvalue weighted by atomic mass is 35.5. The third kappa shape index (κ3) is 8.11. The van der Waals surface area contributed by atoms with Crippen LogP contribution in [0.1, 0.15) is 18.1 Å². The molecule has 0 spiro atoms. The van der Waals surface area contributed by atoms with Crippen molar-refractivity contribution in [1.29, 1.82) is 0 Å². The number of rotatable bonds is 13. The Balaban J connectivity index is 1.80. The van der Waals surface area contributed by atoms with Crippen LogP contribution < -0.4 is 14.4 Å². The first-order valence-electron chi connectivity index (χ1n) is 13.9. The van der Waals surface area contributed by atoms with Crippen molar-refractivity contribution in [2.24, 2.45) is 0 Å². The molecule has 0 aliphatic heterocycles. The fraction of sp³-hybridized carbons (Fsp3) is 0.212. The minimum absolute atomic E-state index is 0.00597. The molecule has 4 aromatic carbocycles. The summed E-state index contributed by atoms with van der Waals surface area (Å²) in [6.07, 6.45) is 0.214. The maximum Gasteiger partial charge on any atom is 0.264 e. The molecule has 44 heavy (non-hydrogen) atoms. The number of benzene rings is 4. The van der Waals surface area contributed by atoms with E-state index in [0.29, 0.717) is 17.3 Å². The zero-order chi connectivity index (χ0) is 31.7. The van der Waals surface area contributed by atoms with E-state index in [9.17, 15) is 18.0 Å². The Morgan fingerprint density at radius 3 is 2.09 bits per heavy atom. The molecule has 0 unspecified atom stereocenters. The molecule has 230 valence electrons. The average Bonchev–Trinajstić information content (AvgIpc) is 3.03. The normalized spacial score (nSPS) is 11.8. The van der Waals surface area contributed by atoms with Crippen molar-refractivity contribution in [3.63, 3.8) is 0 Å². The number of nitrogens with one attached hydrogen (secondary N) is 1. The molecule has 1 atom stereocenters. The molecule has 0 bridgehead atoms. The van der Waals surface area contributed by atoms with Gasteiger partial charge in [0.2, 0.25) is 11.8 Å². The van der Waals surface area contributed by atoms with E-state index in [2.05, 4.69) is 5.32 Å². The van der Waals surface area contributed by atoms with E-state index >= 15 is 0 Å². The Labute approximate surface area is 268 Å². The summed E-state index contributed by atoms with van der Waals surface area (Å²) < 4.78 is 34.3. The van der Waals surface area contributed by atoms with Crippen molar-refractivity contribution in [2.75, 3.05) is 24.5 Å². The number of carbonyl (C=O) groups is 2. The predicted octanol–water partition coefficient (Wildman–Crippen LogP) is 5.97. The van der Waals surface area contributed by atoms with Crippen molar-refractivity contribution in [1.82, 2.24) is 10.2 Å². The van der Waals surface area contributed by atoms with E-state index < -0.39 is 28.5 Å². The molecule has 0 aliphatic carbocycles. The van der Waals surface area contributed by atoms with Crippen LogP contribution in [0, 0.1) is 0 Å². The molecule has 0 heterocycles. The second-order valence-electron chi connectivity index (χ2n) is 9.89. The van der Waals surface area contributed by atoms with Crippen LogP contribution >= 0.6 is 23.2 Å². The van der Waals surface area contributed by atoms with Crippen LogP contribution in [0.4, 0.5) is 5.69 Å². The SMILES string of the molecule is CCNC(=O)[C@H](Cc1ccccc1)N(Cc1ccc(Cl)cc1)C(=O)CN(c1ccc(OC)c(Cl)c1)S(=O)(=O)c1ccccc1. The Kier molecular flexibility index (Phi) is 11.3. The Morgan fingerprint density at radius 2 is 1.50 bits per heavy atom. The second kappa shape index (κ2) is 15.1. The van der Waals surface area contributed by atoms with Crippen LogP contribution in [0.15, 0.2) is 108 Å². The maximum absolute atomic E-state index is 14.4. The van der Waals surface area contributed by atoms with E-state index in [1.807, 2.05) is 30.3 Å². The molecular formula is C33H33Cl2N3O5S. The third-order valence-corrected chi connectivity index (χ3v) is 9.26. The summed E-state index contributed by atoms with van der Waals surface area (Å²) in [6.45, 7) is 1.59. The van der Waals surface area contributed by atoms with Gasteiger partial charge in [-0.2, -0.15) is 0 Å². The van der Waals surface area contributed by atoms with Crippen molar-refractivity contribution < 1.29 is 22.7 Å². The monoisotopic (exact) mass is 653 g/mol. The highest BCUT2D eigenvalue weighted by Crippen LogP contribution is 2.32. The van der Waals surface area contributed by atoms with Crippen LogP contribution in [-0.2, 0) is 32.6 Å². The summed E-state index contributed by atoms with van der Waals surface area (Å²) in [5.74, 6) is -0.593. The Hall–Kier alpha value is -4.05. The lowest BCUT2D eigenvalue weighted by molar-refractivity contribution is -0.140. The minimum Gasteiger partial charge on any atom is -0.495 e. The van der Waals surface area contributed by atoms with Gasteiger partial charge in [0.15, 0.2) is 0 Å². The lowest BCUT2D eigenvalue weighted by Crippen LogP contribution is -2.53. The fourth-order valence-corrected chi connectivity index (χ4v) is 6.50. The number of ether oxygens (including phenoxy) is 1. The van der Waals surface area contributed by atoms with Crippen molar-refractivity contribution >= 4 is 50.7 Å². The molecule has 11 heteroatoms. The lowest BCUT2D eigenvalue weighted by Gasteiger charge is -2.34. The maximum atomic E-state index is 14.4. The smallest absolute Gasteiger partial charge is 0.264 e. The third-order valence-electron chi connectivity index (χ3n) is 6.92. The van der Waals surface area contributed by atoms with Gasteiger partial charge in [-0.15, -0.1) is 0 Å². The largest absolute Gasteiger partial charge is 0.495 e. The van der Waals surface area contributed by atoms with Crippen LogP contribution in [0.5, 0.6) is 5.75 Å². The Morgan fingerprint density at radius 1 is 0.864 bits per heavy atom. The van der Waals surface area contributed by atoms with Gasteiger partial charge in [-0.05, 0) is 60.5 Å². The number of hydrogen-bond acceptors (Lipinski definition) is 5. The van der Waals surface area contributed by atoms with E-state index in [0.717, 1.165) is 15.4 Å². The van der Waals surface area contributed by atoms with E-state index in [-0.39, 0.29) is 34.5 Å². The topological polar surface area (TPSA) is 96.0 Å². The van der Waals surface area contributed by atoms with Crippen molar-refractivity contribution in [2.45, 2.75) is 30.8 Å². The van der Waals surface area contributed by atoms with E-state index in [1.54, 1.807) is 49.4 Å². The summed E-state index contributed by atoms with van der Waals surface area (Å²) in [5, 5.41) is 3.54. The van der Waals surface area contributed by atoms with Crippen LogP contribution in [0.25, 0.3) is 0 Å². The lowest BCUT2D eigenvalue weighted by atomic mass is 10.0. The first kappa shape index (κ1) is 32.9. The quantitative estimate of drug-likeness (QED) is 0.192. The van der Waals surface area contributed by atoms with Gasteiger partial charge in [0.05, 0.1) is 22.7 Å². The van der Waals surface area contributed by atoms with Crippen LogP contribution in [-0.4, -0.2) is 51.4 Å². The summed E-state index contributed by atoms with van der Waals surface area (Å²) in [7, 11) is -2.79. The summed E-state index contributed by atoms with van der Waals surface area (Å²) >= 11 is 12.5. The van der Waals surface area contributed by atoms with Crippen LogP contribution in [0.3, 0.4) is 0 Å². The Bertz CT molecular complexity index is 1670. The van der Waals surface area contributed by atoms with Gasteiger partial charge >= 0.3 is 0 Å². The van der Waals surface area contributed by atoms with Crippen molar-refractivity contribution in [3.8, 4) is 5.75 Å². The number of sulfonamides is 1. The van der Waals surface area contributed by atoms with Gasteiger partial charge in [0.1, 0.15) is 18.3 Å². The average molecular weight is 655 g/mol. The molecule has 4 rings (SSSR count). The zero-order valence-corrected chi connectivity index (χ0v) is 26.6. The van der Waals surface area contributed by atoms with E-state index in [4.69, 9.17) is 27.9 Å². The number of halogens is 2. The fourth-order valence-electron chi connectivity index (χ4n) is 4.69. The molecule has 0 saturated heterocycles. The van der Waals surface area contributed by atoms with Gasteiger partial charge < -0.3 is 15.0 Å². The molecule has 0 aliphatic rings. The summed E-state index contributed by atoms with van der Waals surface area (Å²) in [4.78, 5) is 29.3. The van der Waals surface area contributed by atoms with Crippen LogP contribution in [0.2, 0.25) is 10.0 Å². The van der Waals surface area contributed by atoms with E-state index in [1.165, 1.54) is 42.3 Å². The standard InChI is InChI=1S/C33H33Cl2N3O5S/c1-3-36-33(40)30(20-24-10-6-4-7-11-24)37(22-25-14-16-26(34)17-15-25)32(39)23-38(27-18-19-31(43-2)29(35)21-27)44(41,42)28-12-8-5-9-13-28/h4-19,21,30H,3,20,22-23H2,1-2H3,(H,36,40)/t30-/m0/s1. The van der Waals surface area contributed by atoms with Gasteiger partial charge in [0, 0.05) is 24.5 Å². The molecule has 2 amide bonds. The number of methoxy groups -OCH3 is 1. The molecule has 4 aromatic rings. The van der Waals surface area contributed by atoms with Gasteiger partial charge in [-0.25, -0.2) is 8.42 Å². The zero-order valence-electron chi connectivity index (χ0n) is 24.3. The molecule has 0 saturated carbocycles. The molecule has 0 aromatic heterocycles. The second-order valence-corrected chi connectivity index (χ2v) is 12.6. The molecule has 0 fully saturated rings. The van der Waals surface area contributed by atoms with Gasteiger partial charge in [-0.1, -0.05) is 83.9 Å². The number of amides is 2. The number of likely N-dealkylation sites (N-methyl/N-ethyl adjacent to an activating group) is 1. The number of nitrogens with zero attached hydrogens (tertiary/aromatic N) is 2. The number of anilines is 1. The molecule has 1 N–H and O–H groups in total. The highest BCUT2D eigenvalue weighted by Gasteiger charge is 2.34. The predicted molar refractivity (Wildman–Crippen MR) is 174 cm³/mol. The number of carbonyl (C=O) groups excluding carboxylic acids is 2. The summed E-state index contributed by atoms with van der Waals surface area (Å²) in [6, 6.07) is 27.6.